The van der Waals surface area contributed by atoms with Crippen LogP contribution in [-0.4, -0.2) is 12.0 Å². The molecule has 0 unspecified atom stereocenters. The van der Waals surface area contributed by atoms with E-state index < -0.39 is 4.92 Å². The number of nitriles is 1. The molecule has 0 bridgehead atoms. The van der Waals surface area contributed by atoms with Crippen molar-refractivity contribution in [3.8, 4) is 11.8 Å². The van der Waals surface area contributed by atoms with Gasteiger partial charge in [0.25, 0.3) is 5.69 Å². The summed E-state index contributed by atoms with van der Waals surface area (Å²) in [5.41, 5.74) is 0.269. The molecule has 0 N–H and O–H groups in total. The number of methoxy groups -OCH3 is 1. The lowest BCUT2D eigenvalue weighted by atomic mass is 10.1. The van der Waals surface area contributed by atoms with Crippen LogP contribution in [0.3, 0.4) is 0 Å². The van der Waals surface area contributed by atoms with E-state index in [9.17, 15) is 10.1 Å². The Labute approximate surface area is 91.0 Å². The number of benzene rings is 1. The van der Waals surface area contributed by atoms with Crippen LogP contribution in [0.25, 0.3) is 0 Å². The number of nitro benzene ring substituents is 1. The van der Waals surface area contributed by atoms with E-state index in [1.807, 2.05) is 6.07 Å². The Morgan fingerprint density at radius 2 is 2.33 bits per heavy atom. The first-order chi connectivity index (χ1) is 7.10. The van der Waals surface area contributed by atoms with Gasteiger partial charge in [-0.15, -0.1) is 0 Å². The third-order valence-corrected chi connectivity index (χ3v) is 2.07. The van der Waals surface area contributed by atoms with E-state index in [1.165, 1.54) is 19.2 Å². The molecule has 15 heavy (non-hydrogen) atoms. The molecule has 0 aliphatic carbocycles. The number of non-ortho nitro benzene ring substituents is 1. The van der Waals surface area contributed by atoms with E-state index in [4.69, 9.17) is 21.6 Å². The zero-order valence-electron chi connectivity index (χ0n) is 7.86. The Morgan fingerprint density at radius 3 is 2.80 bits per heavy atom. The monoisotopic (exact) mass is 226 g/mol. The molecule has 1 rings (SSSR count). The predicted octanol–water partition coefficient (Wildman–Crippen LogP) is 2.32. The van der Waals surface area contributed by atoms with Crippen molar-refractivity contribution < 1.29 is 9.66 Å². The Kier molecular flexibility index (Phi) is 3.47. The van der Waals surface area contributed by atoms with E-state index in [1.54, 1.807) is 0 Å². The van der Waals surface area contributed by atoms with Gasteiger partial charge in [0.1, 0.15) is 5.75 Å². The quantitative estimate of drug-likeness (QED) is 0.585. The zero-order chi connectivity index (χ0) is 11.4. The van der Waals surface area contributed by atoms with E-state index in [0.717, 1.165) is 0 Å². The molecule has 0 atom stereocenters. The molecular formula is C9H7ClN2O3. The molecule has 0 spiro atoms. The van der Waals surface area contributed by atoms with Gasteiger partial charge < -0.3 is 4.74 Å². The topological polar surface area (TPSA) is 76.2 Å². The van der Waals surface area contributed by atoms with Crippen molar-refractivity contribution >= 4 is 17.3 Å². The number of hydrogen-bond donors (Lipinski definition) is 0. The average Bonchev–Trinajstić information content (AvgIpc) is 2.17. The molecule has 1 aromatic carbocycles. The van der Waals surface area contributed by atoms with E-state index in [-0.39, 0.29) is 17.1 Å². The molecule has 0 saturated carbocycles. The summed E-state index contributed by atoms with van der Waals surface area (Å²) in [7, 11) is 1.40. The first-order valence-electron chi connectivity index (χ1n) is 3.98. The van der Waals surface area contributed by atoms with Crippen molar-refractivity contribution in [2.24, 2.45) is 0 Å². The number of rotatable bonds is 3. The summed E-state index contributed by atoms with van der Waals surface area (Å²) in [4.78, 5) is 9.97. The molecule has 0 radical (unpaired) electrons. The molecule has 0 amide bonds. The van der Waals surface area contributed by atoms with Crippen molar-refractivity contribution in [3.63, 3.8) is 0 Å². The molecular weight excluding hydrogens is 220 g/mol. The van der Waals surface area contributed by atoms with Crippen LogP contribution in [0.5, 0.6) is 5.75 Å². The van der Waals surface area contributed by atoms with E-state index >= 15 is 0 Å². The first-order valence-corrected chi connectivity index (χ1v) is 4.35. The lowest BCUT2D eigenvalue weighted by Crippen LogP contribution is -1.95. The maximum atomic E-state index is 10.5. The van der Waals surface area contributed by atoms with Crippen LogP contribution in [-0.2, 0) is 6.42 Å². The summed E-state index contributed by atoms with van der Waals surface area (Å²) in [5, 5.41) is 19.2. The fraction of sp³-hybridized carbons (Fsp3) is 0.222. The molecule has 1 aromatic rings. The summed E-state index contributed by atoms with van der Waals surface area (Å²) in [6.45, 7) is 0. The molecule has 0 aliphatic heterocycles. The third-order valence-electron chi connectivity index (χ3n) is 1.79. The zero-order valence-corrected chi connectivity index (χ0v) is 8.61. The number of nitro groups is 1. The lowest BCUT2D eigenvalue weighted by Gasteiger charge is -2.07. The highest BCUT2D eigenvalue weighted by Crippen LogP contribution is 2.33. The highest BCUT2D eigenvalue weighted by Gasteiger charge is 2.15. The highest BCUT2D eigenvalue weighted by atomic mass is 35.5. The highest BCUT2D eigenvalue weighted by molar-refractivity contribution is 6.32. The molecule has 5 nitrogen and oxygen atoms in total. The van der Waals surface area contributed by atoms with Gasteiger partial charge >= 0.3 is 0 Å². The second-order valence-electron chi connectivity index (χ2n) is 2.71. The maximum absolute atomic E-state index is 10.5. The molecule has 0 heterocycles. The summed E-state index contributed by atoms with van der Waals surface area (Å²) in [6.07, 6.45) is 0.0184. The van der Waals surface area contributed by atoms with Gasteiger partial charge in [0.15, 0.2) is 0 Å². The van der Waals surface area contributed by atoms with Crippen molar-refractivity contribution in [2.75, 3.05) is 7.11 Å². The number of hydrogen-bond acceptors (Lipinski definition) is 4. The minimum absolute atomic E-state index is 0.0184. The normalized spacial score (nSPS) is 9.40. The van der Waals surface area contributed by atoms with Crippen molar-refractivity contribution in [2.45, 2.75) is 6.42 Å². The Balaban J connectivity index is 3.33. The van der Waals surface area contributed by atoms with Gasteiger partial charge in [-0.05, 0) is 0 Å². The minimum atomic E-state index is -0.563. The molecule has 0 fully saturated rings. The fourth-order valence-corrected chi connectivity index (χ4v) is 1.50. The van der Waals surface area contributed by atoms with E-state index in [0.29, 0.717) is 11.3 Å². The van der Waals surface area contributed by atoms with Crippen LogP contribution in [0.15, 0.2) is 12.1 Å². The minimum Gasteiger partial charge on any atom is -0.495 e. The third kappa shape index (κ3) is 2.36. The van der Waals surface area contributed by atoms with Crippen LogP contribution >= 0.6 is 11.6 Å². The molecule has 78 valence electrons. The van der Waals surface area contributed by atoms with Gasteiger partial charge in [-0.25, -0.2) is 0 Å². The second kappa shape index (κ2) is 4.62. The van der Waals surface area contributed by atoms with Gasteiger partial charge in [-0.1, -0.05) is 11.6 Å². The number of ether oxygens (including phenoxy) is 1. The summed E-state index contributed by atoms with van der Waals surface area (Å²) in [5.74, 6) is 0.309. The number of halogens is 1. The Hall–Kier alpha value is -1.80. The smallest absolute Gasteiger partial charge is 0.271 e. The standard InChI is InChI=1S/C9H7ClN2O3/c1-15-9-6(2-3-11)4-7(12(13)14)5-8(9)10/h4-5H,2H2,1H3. The van der Waals surface area contributed by atoms with Crippen molar-refractivity contribution in [1.82, 2.24) is 0 Å². The largest absolute Gasteiger partial charge is 0.495 e. The molecule has 6 heteroatoms. The van der Waals surface area contributed by atoms with Gasteiger partial charge in [0.2, 0.25) is 0 Å². The summed E-state index contributed by atoms with van der Waals surface area (Å²) >= 11 is 5.78. The molecule has 0 aliphatic rings. The van der Waals surface area contributed by atoms with Crippen LogP contribution in [0.2, 0.25) is 5.02 Å². The Morgan fingerprint density at radius 1 is 1.67 bits per heavy atom. The second-order valence-corrected chi connectivity index (χ2v) is 3.12. The fourth-order valence-electron chi connectivity index (χ4n) is 1.18. The van der Waals surface area contributed by atoms with Crippen LogP contribution in [0.4, 0.5) is 5.69 Å². The van der Waals surface area contributed by atoms with Gasteiger partial charge in [0.05, 0.1) is 29.5 Å². The first kappa shape index (κ1) is 11.3. The Bertz CT molecular complexity index is 440. The van der Waals surface area contributed by atoms with Crippen molar-refractivity contribution in [3.05, 3.63) is 32.8 Å². The van der Waals surface area contributed by atoms with Gasteiger partial charge in [0, 0.05) is 17.7 Å². The lowest BCUT2D eigenvalue weighted by molar-refractivity contribution is -0.384. The van der Waals surface area contributed by atoms with Crippen LogP contribution < -0.4 is 4.74 Å². The SMILES string of the molecule is COc1c(Cl)cc([N+](=O)[O-])cc1CC#N. The molecule has 0 aromatic heterocycles. The van der Waals surface area contributed by atoms with Gasteiger partial charge in [-0.2, -0.15) is 5.26 Å². The maximum Gasteiger partial charge on any atom is 0.271 e. The van der Waals surface area contributed by atoms with Crippen LogP contribution in [0.1, 0.15) is 5.56 Å². The predicted molar refractivity (Wildman–Crippen MR) is 54.0 cm³/mol. The summed E-state index contributed by atoms with van der Waals surface area (Å²) < 4.78 is 4.96. The van der Waals surface area contributed by atoms with E-state index in [2.05, 4.69) is 0 Å². The average molecular weight is 227 g/mol. The van der Waals surface area contributed by atoms with Gasteiger partial charge in [-0.3, -0.25) is 10.1 Å². The van der Waals surface area contributed by atoms with Crippen LogP contribution in [0, 0.1) is 21.4 Å². The van der Waals surface area contributed by atoms with Crippen molar-refractivity contribution in [1.29, 1.82) is 5.26 Å². The summed E-state index contributed by atoms with van der Waals surface area (Å²) in [6, 6.07) is 4.37. The molecule has 0 saturated heterocycles. The number of nitrogens with zero attached hydrogens (tertiary/aromatic N) is 2.